The number of hydrogen-bond acceptors (Lipinski definition) is 7. The molecule has 7 nitrogen and oxygen atoms in total. The molecule has 120 valence electrons. The van der Waals surface area contributed by atoms with Crippen LogP contribution < -0.4 is 0 Å². The lowest BCUT2D eigenvalue weighted by molar-refractivity contribution is 0.140. The Morgan fingerprint density at radius 1 is 1.33 bits per heavy atom. The second kappa shape index (κ2) is 6.51. The summed E-state index contributed by atoms with van der Waals surface area (Å²) in [6, 6.07) is 0. The summed E-state index contributed by atoms with van der Waals surface area (Å²) in [4.78, 5) is 4.55. The number of rotatable bonds is 6. The van der Waals surface area contributed by atoms with Crippen LogP contribution in [0.5, 0.6) is 0 Å². The minimum absolute atomic E-state index is 0.0538. The molecule has 0 aliphatic carbocycles. The predicted octanol–water partition coefficient (Wildman–Crippen LogP) is 1.61. The fourth-order valence-corrected chi connectivity index (χ4v) is 4.05. The van der Waals surface area contributed by atoms with Gasteiger partial charge in [-0.3, -0.25) is 0 Å². The highest BCUT2D eigenvalue weighted by Crippen LogP contribution is 2.19. The highest BCUT2D eigenvalue weighted by molar-refractivity contribution is 7.92. The molecule has 0 unspecified atom stereocenters. The van der Waals surface area contributed by atoms with Gasteiger partial charge in [0.15, 0.2) is 0 Å². The topological polar surface area (TPSA) is 103 Å². The zero-order valence-electron chi connectivity index (χ0n) is 12.2. The SMILES string of the molecule is CC(C)(C)OS(=O)(=O)N=CCCc1cnc(S(C)(=O)=O)s1. The first-order chi connectivity index (χ1) is 9.39. The van der Waals surface area contributed by atoms with Gasteiger partial charge in [0.05, 0.1) is 5.60 Å². The molecule has 0 atom stereocenters. The summed E-state index contributed by atoms with van der Waals surface area (Å²) >= 11 is 1.07. The van der Waals surface area contributed by atoms with Crippen LogP contribution in [0.1, 0.15) is 32.1 Å². The first kappa shape index (κ1) is 18.2. The summed E-state index contributed by atoms with van der Waals surface area (Å²) in [5, 5.41) is 0. The van der Waals surface area contributed by atoms with E-state index in [-0.39, 0.29) is 4.34 Å². The minimum Gasteiger partial charge on any atom is -0.247 e. The van der Waals surface area contributed by atoms with Gasteiger partial charge in [0.2, 0.25) is 14.2 Å². The van der Waals surface area contributed by atoms with Crippen LogP contribution in [0.3, 0.4) is 0 Å². The fourth-order valence-electron chi connectivity index (χ4n) is 1.26. The van der Waals surface area contributed by atoms with Crippen LogP contribution in [0.25, 0.3) is 0 Å². The second-order valence-electron chi connectivity index (χ2n) is 5.31. The lowest BCUT2D eigenvalue weighted by atomic mass is 10.2. The average molecular weight is 354 g/mol. The zero-order valence-corrected chi connectivity index (χ0v) is 14.7. The van der Waals surface area contributed by atoms with Crippen molar-refractivity contribution in [1.29, 1.82) is 0 Å². The fraction of sp³-hybridized carbons (Fsp3) is 0.636. The van der Waals surface area contributed by atoms with Crippen molar-refractivity contribution in [3.63, 3.8) is 0 Å². The number of aryl methyl sites for hydroxylation is 1. The molecule has 1 aromatic heterocycles. The van der Waals surface area contributed by atoms with Gasteiger partial charge in [-0.15, -0.1) is 11.3 Å². The number of hydrogen-bond donors (Lipinski definition) is 0. The number of sulfone groups is 1. The van der Waals surface area contributed by atoms with Crippen LogP contribution in [-0.4, -0.2) is 39.9 Å². The molecule has 0 amide bonds. The summed E-state index contributed by atoms with van der Waals surface area (Å²) in [6.07, 6.45) is 4.60. The van der Waals surface area contributed by atoms with E-state index >= 15 is 0 Å². The van der Waals surface area contributed by atoms with Gasteiger partial charge in [-0.05, 0) is 33.6 Å². The van der Waals surface area contributed by atoms with Gasteiger partial charge < -0.3 is 0 Å². The van der Waals surface area contributed by atoms with Gasteiger partial charge in [0, 0.05) is 23.5 Å². The van der Waals surface area contributed by atoms with E-state index in [4.69, 9.17) is 4.18 Å². The normalized spacial score (nSPS) is 13.9. The van der Waals surface area contributed by atoms with E-state index in [9.17, 15) is 16.8 Å². The number of thiazole rings is 1. The molecule has 0 N–H and O–H groups in total. The molecule has 0 spiro atoms. The molecule has 10 heteroatoms. The highest BCUT2D eigenvalue weighted by Gasteiger charge is 2.20. The molecule has 0 bridgehead atoms. The van der Waals surface area contributed by atoms with Gasteiger partial charge in [-0.25, -0.2) is 17.6 Å². The van der Waals surface area contributed by atoms with Crippen molar-refractivity contribution in [3.8, 4) is 0 Å². The van der Waals surface area contributed by atoms with Gasteiger partial charge >= 0.3 is 10.3 Å². The molecule has 1 heterocycles. The molecule has 0 saturated carbocycles. The Labute approximate surface area is 129 Å². The van der Waals surface area contributed by atoms with Crippen molar-refractivity contribution in [1.82, 2.24) is 4.98 Å². The van der Waals surface area contributed by atoms with Crippen molar-refractivity contribution in [2.45, 2.75) is 43.6 Å². The summed E-state index contributed by atoms with van der Waals surface area (Å²) in [5.74, 6) is 0. The number of nitrogens with zero attached hydrogens (tertiary/aromatic N) is 2. The molecule has 0 fully saturated rings. The van der Waals surface area contributed by atoms with Crippen molar-refractivity contribution in [3.05, 3.63) is 11.1 Å². The van der Waals surface area contributed by atoms with Crippen LogP contribution in [0, 0.1) is 0 Å². The smallest absolute Gasteiger partial charge is 0.247 e. The first-order valence-corrected chi connectivity index (χ1v) is 10.1. The molecule has 1 rings (SSSR count). The Kier molecular flexibility index (Phi) is 5.64. The predicted molar refractivity (Wildman–Crippen MR) is 81.8 cm³/mol. The molecular formula is C11H18N2O5S3. The Hall–Kier alpha value is -0.840. The summed E-state index contributed by atoms with van der Waals surface area (Å²) < 4.78 is 53.8. The average Bonchev–Trinajstić information content (AvgIpc) is 2.69. The summed E-state index contributed by atoms with van der Waals surface area (Å²) in [5.41, 5.74) is -0.835. The maximum Gasteiger partial charge on any atom is 0.381 e. The Bertz CT molecular complexity index is 711. The van der Waals surface area contributed by atoms with E-state index < -0.39 is 25.7 Å². The molecular weight excluding hydrogens is 336 g/mol. The summed E-state index contributed by atoms with van der Waals surface area (Å²) in [6.45, 7) is 4.85. The van der Waals surface area contributed by atoms with Crippen LogP contribution in [0.4, 0.5) is 0 Å². The van der Waals surface area contributed by atoms with Crippen LogP contribution in [0.2, 0.25) is 0 Å². The van der Waals surface area contributed by atoms with Crippen molar-refractivity contribution >= 4 is 37.7 Å². The maximum absolute atomic E-state index is 11.5. The standard InChI is InChI=1S/C11H18N2O5S3/c1-11(2,3)18-21(16,17)13-7-5-6-9-8-12-10(19-9)20(4,14)15/h7-8H,5-6H2,1-4H3. The molecule has 0 aliphatic rings. The van der Waals surface area contributed by atoms with Crippen LogP contribution in [-0.2, 0) is 30.7 Å². The van der Waals surface area contributed by atoms with E-state index in [0.29, 0.717) is 12.8 Å². The monoisotopic (exact) mass is 354 g/mol. The lowest BCUT2D eigenvalue weighted by Crippen LogP contribution is -2.22. The largest absolute Gasteiger partial charge is 0.381 e. The quantitative estimate of drug-likeness (QED) is 0.719. The Morgan fingerprint density at radius 2 is 1.95 bits per heavy atom. The van der Waals surface area contributed by atoms with Crippen molar-refractivity contribution in [2.24, 2.45) is 4.40 Å². The van der Waals surface area contributed by atoms with Crippen molar-refractivity contribution in [2.75, 3.05) is 6.26 Å². The van der Waals surface area contributed by atoms with E-state index in [2.05, 4.69) is 9.38 Å². The van der Waals surface area contributed by atoms with Crippen LogP contribution in [0.15, 0.2) is 14.9 Å². The first-order valence-electron chi connectivity index (χ1n) is 6.03. The zero-order chi connectivity index (χ0) is 16.3. The van der Waals surface area contributed by atoms with E-state index in [0.717, 1.165) is 22.5 Å². The van der Waals surface area contributed by atoms with E-state index in [1.807, 2.05) is 0 Å². The van der Waals surface area contributed by atoms with Gasteiger partial charge in [-0.1, -0.05) is 0 Å². The van der Waals surface area contributed by atoms with E-state index in [1.54, 1.807) is 20.8 Å². The third-order valence-electron chi connectivity index (χ3n) is 1.93. The summed E-state index contributed by atoms with van der Waals surface area (Å²) in [7, 11) is -7.25. The third kappa shape index (κ3) is 7.11. The lowest BCUT2D eigenvalue weighted by Gasteiger charge is -2.16. The third-order valence-corrected chi connectivity index (χ3v) is 5.80. The Balaban J connectivity index is 2.58. The van der Waals surface area contributed by atoms with Crippen molar-refractivity contribution < 1.29 is 21.0 Å². The highest BCUT2D eigenvalue weighted by atomic mass is 32.2. The molecule has 1 aromatic rings. The van der Waals surface area contributed by atoms with Crippen LogP contribution >= 0.6 is 11.3 Å². The maximum atomic E-state index is 11.5. The van der Waals surface area contributed by atoms with Gasteiger partial charge in [0.1, 0.15) is 0 Å². The number of aromatic nitrogens is 1. The minimum atomic E-state index is -3.95. The molecule has 0 aliphatic heterocycles. The van der Waals surface area contributed by atoms with E-state index in [1.165, 1.54) is 12.4 Å². The van der Waals surface area contributed by atoms with Gasteiger partial charge in [0.25, 0.3) is 0 Å². The Morgan fingerprint density at radius 3 is 2.43 bits per heavy atom. The molecule has 0 radical (unpaired) electrons. The molecule has 21 heavy (non-hydrogen) atoms. The second-order valence-corrected chi connectivity index (χ2v) is 9.85. The molecule has 0 aromatic carbocycles. The molecule has 0 saturated heterocycles. The van der Waals surface area contributed by atoms with Gasteiger partial charge in [-0.2, -0.15) is 12.8 Å².